The number of nitrogens with zero attached hydrogens (tertiary/aromatic N) is 5. The first kappa shape index (κ1) is 19.4. The van der Waals surface area contributed by atoms with Crippen LogP contribution in [0.4, 0.5) is 0 Å². The molecule has 2 aromatic rings. The van der Waals surface area contributed by atoms with E-state index < -0.39 is 0 Å². The van der Waals surface area contributed by atoms with Crippen LogP contribution in [-0.2, 0) is 13.1 Å². The molecule has 128 valence electrons. The molecule has 9 heteroatoms. The van der Waals surface area contributed by atoms with Gasteiger partial charge in [-0.3, -0.25) is 9.67 Å². The van der Waals surface area contributed by atoms with Crippen molar-refractivity contribution in [1.82, 2.24) is 30.6 Å². The molecule has 2 heterocycles. The van der Waals surface area contributed by atoms with Crippen LogP contribution >= 0.6 is 24.0 Å². The summed E-state index contributed by atoms with van der Waals surface area (Å²) in [6.45, 7) is 8.02. The van der Waals surface area contributed by atoms with E-state index in [9.17, 15) is 0 Å². The summed E-state index contributed by atoms with van der Waals surface area (Å²) in [6, 6.07) is 2.08. The van der Waals surface area contributed by atoms with E-state index in [1.54, 1.807) is 14.0 Å². The molecule has 23 heavy (non-hydrogen) atoms. The molecule has 0 bridgehead atoms. The van der Waals surface area contributed by atoms with Gasteiger partial charge < -0.3 is 15.2 Å². The Morgan fingerprint density at radius 1 is 1.30 bits per heavy atom. The SMILES string of the molecule is CN=C(NCCCn1nc(C)cc1C)NCc1noc(C)n1.I. The van der Waals surface area contributed by atoms with Gasteiger partial charge in [0.25, 0.3) is 0 Å². The molecule has 0 aliphatic heterocycles. The van der Waals surface area contributed by atoms with E-state index in [-0.39, 0.29) is 24.0 Å². The Bertz CT molecular complexity index is 635. The summed E-state index contributed by atoms with van der Waals surface area (Å²) in [5, 5.41) is 14.7. The Morgan fingerprint density at radius 3 is 2.65 bits per heavy atom. The van der Waals surface area contributed by atoms with Crippen LogP contribution < -0.4 is 10.6 Å². The summed E-state index contributed by atoms with van der Waals surface area (Å²) < 4.78 is 6.94. The highest BCUT2D eigenvalue weighted by Gasteiger charge is 2.04. The van der Waals surface area contributed by atoms with Crippen molar-refractivity contribution >= 4 is 29.9 Å². The van der Waals surface area contributed by atoms with Crippen molar-refractivity contribution in [2.24, 2.45) is 4.99 Å². The van der Waals surface area contributed by atoms with E-state index in [1.807, 2.05) is 11.6 Å². The van der Waals surface area contributed by atoms with E-state index in [2.05, 4.69) is 43.9 Å². The van der Waals surface area contributed by atoms with Crippen molar-refractivity contribution in [3.8, 4) is 0 Å². The van der Waals surface area contributed by atoms with E-state index in [4.69, 9.17) is 4.52 Å². The van der Waals surface area contributed by atoms with Crippen LogP contribution in [0.3, 0.4) is 0 Å². The second kappa shape index (κ2) is 9.48. The maximum atomic E-state index is 4.92. The molecule has 0 spiro atoms. The number of guanidine groups is 1. The Morgan fingerprint density at radius 2 is 2.09 bits per heavy atom. The summed E-state index contributed by atoms with van der Waals surface area (Å²) >= 11 is 0. The molecular formula is C14H24IN7O. The van der Waals surface area contributed by atoms with Gasteiger partial charge in [0.05, 0.1) is 12.2 Å². The minimum absolute atomic E-state index is 0. The fourth-order valence-electron chi connectivity index (χ4n) is 2.13. The van der Waals surface area contributed by atoms with Crippen molar-refractivity contribution < 1.29 is 4.52 Å². The van der Waals surface area contributed by atoms with Gasteiger partial charge in [0.1, 0.15) is 0 Å². The average molecular weight is 433 g/mol. The zero-order valence-corrected chi connectivity index (χ0v) is 16.3. The molecule has 0 aromatic carbocycles. The van der Waals surface area contributed by atoms with Crippen LogP contribution in [0.25, 0.3) is 0 Å². The zero-order valence-electron chi connectivity index (χ0n) is 14.0. The topological polar surface area (TPSA) is 93.2 Å². The number of aromatic nitrogens is 4. The van der Waals surface area contributed by atoms with E-state index in [0.717, 1.165) is 31.2 Å². The largest absolute Gasteiger partial charge is 0.356 e. The van der Waals surface area contributed by atoms with Gasteiger partial charge in [0.2, 0.25) is 5.89 Å². The Kier molecular flexibility index (Phi) is 8.00. The standard InChI is InChI=1S/C14H23N7O.HI/c1-10-8-11(2)21(19-10)7-5-6-16-14(15-4)17-9-13-18-12(3)22-20-13;/h8H,5-7,9H2,1-4H3,(H2,15,16,17);1H. The van der Waals surface area contributed by atoms with Crippen LogP contribution in [0.15, 0.2) is 15.6 Å². The fraction of sp³-hybridized carbons (Fsp3) is 0.571. The minimum atomic E-state index is 0. The molecule has 0 fully saturated rings. The van der Waals surface area contributed by atoms with Gasteiger partial charge in [-0.2, -0.15) is 10.1 Å². The lowest BCUT2D eigenvalue weighted by Crippen LogP contribution is -2.37. The summed E-state index contributed by atoms with van der Waals surface area (Å²) in [4.78, 5) is 8.29. The number of aryl methyl sites for hydroxylation is 4. The number of halogens is 1. The highest BCUT2D eigenvalue weighted by Crippen LogP contribution is 2.02. The molecule has 0 amide bonds. The van der Waals surface area contributed by atoms with Crippen molar-refractivity contribution in [2.45, 2.75) is 40.3 Å². The van der Waals surface area contributed by atoms with Crippen molar-refractivity contribution in [3.63, 3.8) is 0 Å². The molecule has 8 nitrogen and oxygen atoms in total. The third-order valence-electron chi connectivity index (χ3n) is 3.15. The van der Waals surface area contributed by atoms with Gasteiger partial charge in [-0.25, -0.2) is 0 Å². The first-order chi connectivity index (χ1) is 10.6. The highest BCUT2D eigenvalue weighted by atomic mass is 127. The molecule has 2 N–H and O–H groups in total. The van der Waals surface area contributed by atoms with Gasteiger partial charge >= 0.3 is 0 Å². The second-order valence-corrected chi connectivity index (χ2v) is 5.09. The summed E-state index contributed by atoms with van der Waals surface area (Å²) in [7, 11) is 1.73. The van der Waals surface area contributed by atoms with Crippen LogP contribution in [-0.4, -0.2) is 39.5 Å². The third kappa shape index (κ3) is 6.16. The maximum absolute atomic E-state index is 4.92. The molecule has 0 radical (unpaired) electrons. The maximum Gasteiger partial charge on any atom is 0.223 e. The van der Waals surface area contributed by atoms with Crippen LogP contribution in [0.2, 0.25) is 0 Å². The van der Waals surface area contributed by atoms with Crippen LogP contribution in [0.5, 0.6) is 0 Å². The lowest BCUT2D eigenvalue weighted by atomic mass is 10.4. The number of nitrogens with one attached hydrogen (secondary N) is 2. The predicted octanol–water partition coefficient (Wildman–Crippen LogP) is 1.56. The molecule has 0 saturated heterocycles. The Hall–Kier alpha value is -1.65. The first-order valence-electron chi connectivity index (χ1n) is 7.33. The molecule has 0 unspecified atom stereocenters. The van der Waals surface area contributed by atoms with E-state index in [0.29, 0.717) is 18.3 Å². The molecule has 2 aromatic heterocycles. The Balaban J connectivity index is 0.00000264. The quantitative estimate of drug-likeness (QED) is 0.311. The van der Waals surface area contributed by atoms with Crippen LogP contribution in [0.1, 0.15) is 29.5 Å². The fourth-order valence-corrected chi connectivity index (χ4v) is 2.13. The molecule has 2 rings (SSSR count). The Labute approximate surface area is 153 Å². The zero-order chi connectivity index (χ0) is 15.9. The van der Waals surface area contributed by atoms with Gasteiger partial charge in [-0.15, -0.1) is 24.0 Å². The van der Waals surface area contributed by atoms with E-state index in [1.165, 1.54) is 5.69 Å². The smallest absolute Gasteiger partial charge is 0.223 e. The number of aliphatic imine (C=N–C) groups is 1. The third-order valence-corrected chi connectivity index (χ3v) is 3.15. The van der Waals surface area contributed by atoms with Gasteiger partial charge in [-0.05, 0) is 26.3 Å². The van der Waals surface area contributed by atoms with Crippen molar-refractivity contribution in [2.75, 3.05) is 13.6 Å². The molecular weight excluding hydrogens is 409 g/mol. The molecule has 0 saturated carbocycles. The normalized spacial score (nSPS) is 11.2. The summed E-state index contributed by atoms with van der Waals surface area (Å²) in [5.74, 6) is 1.89. The molecule has 0 atom stereocenters. The average Bonchev–Trinajstić information content (AvgIpc) is 3.03. The first-order valence-corrected chi connectivity index (χ1v) is 7.33. The lowest BCUT2D eigenvalue weighted by Gasteiger charge is -2.10. The number of rotatable bonds is 6. The highest BCUT2D eigenvalue weighted by molar-refractivity contribution is 14.0. The van der Waals surface area contributed by atoms with Gasteiger partial charge in [0.15, 0.2) is 11.8 Å². The van der Waals surface area contributed by atoms with Crippen molar-refractivity contribution in [1.29, 1.82) is 0 Å². The summed E-state index contributed by atoms with van der Waals surface area (Å²) in [6.07, 6.45) is 0.962. The minimum Gasteiger partial charge on any atom is -0.356 e. The van der Waals surface area contributed by atoms with Crippen molar-refractivity contribution in [3.05, 3.63) is 29.2 Å². The van der Waals surface area contributed by atoms with Crippen LogP contribution in [0, 0.1) is 20.8 Å². The number of hydrogen-bond donors (Lipinski definition) is 2. The van der Waals surface area contributed by atoms with E-state index >= 15 is 0 Å². The molecule has 0 aliphatic rings. The van der Waals surface area contributed by atoms with Gasteiger partial charge in [-0.1, -0.05) is 5.16 Å². The monoisotopic (exact) mass is 433 g/mol. The predicted molar refractivity (Wildman–Crippen MR) is 99.0 cm³/mol. The molecule has 0 aliphatic carbocycles. The second-order valence-electron chi connectivity index (χ2n) is 5.09. The lowest BCUT2D eigenvalue weighted by molar-refractivity contribution is 0.386. The van der Waals surface area contributed by atoms with Gasteiger partial charge in [0, 0.05) is 32.8 Å². The number of hydrogen-bond acceptors (Lipinski definition) is 5. The summed E-state index contributed by atoms with van der Waals surface area (Å²) in [5.41, 5.74) is 2.24.